The van der Waals surface area contributed by atoms with Crippen molar-refractivity contribution < 1.29 is 19.0 Å². The van der Waals surface area contributed by atoms with E-state index in [1.54, 1.807) is 14.2 Å². The third-order valence-electron chi connectivity index (χ3n) is 4.55. The fourth-order valence-corrected chi connectivity index (χ4v) is 3.51. The minimum absolute atomic E-state index is 0.198. The van der Waals surface area contributed by atoms with Gasteiger partial charge in [-0.25, -0.2) is 0 Å². The van der Waals surface area contributed by atoms with Crippen LogP contribution < -0.4 is 9.47 Å². The minimum Gasteiger partial charge on any atom is -0.496 e. The standard InChI is InChI=1S/C18H24O4/c1-7-8-12-11(2)15(20-4)13-9-18(3,17(19)22-6)10-14(13)16(12)21-5/h7H,1,8-10H2,2-6H3. The minimum atomic E-state index is -0.573. The molecule has 4 nitrogen and oxygen atoms in total. The van der Waals surface area contributed by atoms with E-state index in [1.807, 2.05) is 19.9 Å². The van der Waals surface area contributed by atoms with Crippen LogP contribution >= 0.6 is 0 Å². The molecule has 1 aromatic rings. The summed E-state index contributed by atoms with van der Waals surface area (Å²) in [6.45, 7) is 7.77. The van der Waals surface area contributed by atoms with E-state index < -0.39 is 5.41 Å². The van der Waals surface area contributed by atoms with Gasteiger partial charge in [0.2, 0.25) is 0 Å². The van der Waals surface area contributed by atoms with Gasteiger partial charge in [-0.3, -0.25) is 4.79 Å². The summed E-state index contributed by atoms with van der Waals surface area (Å²) in [5.41, 5.74) is 3.65. The molecule has 1 aliphatic rings. The number of hydrogen-bond acceptors (Lipinski definition) is 4. The van der Waals surface area contributed by atoms with Crippen LogP contribution in [0.4, 0.5) is 0 Å². The van der Waals surface area contributed by atoms with Gasteiger partial charge in [0, 0.05) is 16.7 Å². The zero-order valence-electron chi connectivity index (χ0n) is 14.0. The van der Waals surface area contributed by atoms with Crippen molar-refractivity contribution in [1.29, 1.82) is 0 Å². The summed E-state index contributed by atoms with van der Waals surface area (Å²) in [5.74, 6) is 1.50. The number of rotatable bonds is 5. The molecule has 0 heterocycles. The van der Waals surface area contributed by atoms with Crippen LogP contribution in [0.15, 0.2) is 12.7 Å². The Hall–Kier alpha value is -1.97. The highest BCUT2D eigenvalue weighted by Crippen LogP contribution is 2.49. The molecule has 0 aromatic heterocycles. The fraction of sp³-hybridized carbons (Fsp3) is 0.500. The third kappa shape index (κ3) is 2.36. The van der Waals surface area contributed by atoms with E-state index >= 15 is 0 Å². The van der Waals surface area contributed by atoms with Gasteiger partial charge in [-0.05, 0) is 38.7 Å². The van der Waals surface area contributed by atoms with E-state index in [0.717, 1.165) is 33.8 Å². The summed E-state index contributed by atoms with van der Waals surface area (Å²) in [6, 6.07) is 0. The summed E-state index contributed by atoms with van der Waals surface area (Å²) in [6.07, 6.45) is 3.75. The van der Waals surface area contributed by atoms with E-state index in [-0.39, 0.29) is 5.97 Å². The number of carbonyl (C=O) groups excluding carboxylic acids is 1. The second kappa shape index (κ2) is 6.03. The molecule has 22 heavy (non-hydrogen) atoms. The normalized spacial score (nSPS) is 19.5. The number of ether oxygens (including phenoxy) is 3. The van der Waals surface area contributed by atoms with E-state index in [4.69, 9.17) is 14.2 Å². The molecular weight excluding hydrogens is 280 g/mol. The fourth-order valence-electron chi connectivity index (χ4n) is 3.51. The molecular formula is C18H24O4. The lowest BCUT2D eigenvalue weighted by molar-refractivity contribution is -0.151. The van der Waals surface area contributed by atoms with Gasteiger partial charge >= 0.3 is 5.97 Å². The predicted molar refractivity (Wildman–Crippen MR) is 85.7 cm³/mol. The second-order valence-electron chi connectivity index (χ2n) is 6.03. The zero-order valence-corrected chi connectivity index (χ0v) is 14.0. The quantitative estimate of drug-likeness (QED) is 0.619. The highest BCUT2D eigenvalue weighted by molar-refractivity contribution is 5.80. The van der Waals surface area contributed by atoms with Gasteiger partial charge in [0.15, 0.2) is 0 Å². The van der Waals surface area contributed by atoms with E-state index in [1.165, 1.54) is 7.11 Å². The molecule has 1 atom stereocenters. The molecule has 0 radical (unpaired) electrons. The molecule has 4 heteroatoms. The molecule has 120 valence electrons. The summed E-state index contributed by atoms with van der Waals surface area (Å²) in [7, 11) is 4.77. The van der Waals surface area contributed by atoms with Crippen molar-refractivity contribution in [3.05, 3.63) is 34.9 Å². The Morgan fingerprint density at radius 3 is 2.18 bits per heavy atom. The lowest BCUT2D eigenvalue weighted by Crippen LogP contribution is -2.29. The topological polar surface area (TPSA) is 44.8 Å². The van der Waals surface area contributed by atoms with E-state index in [2.05, 4.69) is 6.58 Å². The monoisotopic (exact) mass is 304 g/mol. The van der Waals surface area contributed by atoms with Crippen LogP contribution in [0.3, 0.4) is 0 Å². The molecule has 0 saturated carbocycles. The molecule has 0 aliphatic heterocycles. The van der Waals surface area contributed by atoms with Crippen LogP contribution in [0.1, 0.15) is 29.2 Å². The maximum atomic E-state index is 12.2. The molecule has 2 rings (SSSR count). The lowest BCUT2D eigenvalue weighted by atomic mass is 9.87. The molecule has 0 amide bonds. The molecule has 0 N–H and O–H groups in total. The van der Waals surface area contributed by atoms with Gasteiger partial charge in [-0.15, -0.1) is 6.58 Å². The zero-order chi connectivity index (χ0) is 16.5. The van der Waals surface area contributed by atoms with Crippen molar-refractivity contribution in [2.75, 3.05) is 21.3 Å². The van der Waals surface area contributed by atoms with Crippen molar-refractivity contribution >= 4 is 5.97 Å². The molecule has 1 unspecified atom stereocenters. The van der Waals surface area contributed by atoms with Gasteiger partial charge in [0.05, 0.1) is 26.7 Å². The SMILES string of the molecule is C=CCc1c(C)c(OC)c2c(c1OC)CC(C)(C(=O)OC)C2. The Morgan fingerprint density at radius 1 is 1.18 bits per heavy atom. The molecule has 0 saturated heterocycles. The Bertz CT molecular complexity index is 618. The van der Waals surface area contributed by atoms with Gasteiger partial charge < -0.3 is 14.2 Å². The number of methoxy groups -OCH3 is 3. The van der Waals surface area contributed by atoms with Crippen molar-refractivity contribution in [1.82, 2.24) is 0 Å². The Labute approximate surface area is 132 Å². The number of benzene rings is 1. The summed E-state index contributed by atoms with van der Waals surface area (Å²) in [5, 5.41) is 0. The van der Waals surface area contributed by atoms with Crippen molar-refractivity contribution in [2.45, 2.75) is 33.1 Å². The van der Waals surface area contributed by atoms with Gasteiger partial charge in [-0.1, -0.05) is 6.08 Å². The Balaban J connectivity index is 2.67. The third-order valence-corrected chi connectivity index (χ3v) is 4.55. The number of fused-ring (bicyclic) bond motifs is 1. The van der Waals surface area contributed by atoms with E-state index in [0.29, 0.717) is 19.3 Å². The van der Waals surface area contributed by atoms with Crippen LogP contribution in [0.25, 0.3) is 0 Å². The van der Waals surface area contributed by atoms with Crippen LogP contribution in [-0.4, -0.2) is 27.3 Å². The average Bonchev–Trinajstić information content (AvgIpc) is 2.86. The maximum Gasteiger partial charge on any atom is 0.312 e. The first-order valence-corrected chi connectivity index (χ1v) is 7.38. The largest absolute Gasteiger partial charge is 0.496 e. The lowest BCUT2D eigenvalue weighted by Gasteiger charge is -2.19. The molecule has 1 aromatic carbocycles. The number of carbonyl (C=O) groups is 1. The van der Waals surface area contributed by atoms with Crippen LogP contribution in [0, 0.1) is 12.3 Å². The highest BCUT2D eigenvalue weighted by Gasteiger charge is 2.44. The molecule has 0 spiro atoms. The van der Waals surface area contributed by atoms with Crippen molar-refractivity contribution in [3.8, 4) is 11.5 Å². The molecule has 0 bridgehead atoms. The number of hydrogen-bond donors (Lipinski definition) is 0. The smallest absolute Gasteiger partial charge is 0.312 e. The Kier molecular flexibility index (Phi) is 4.50. The van der Waals surface area contributed by atoms with Crippen molar-refractivity contribution in [3.63, 3.8) is 0 Å². The van der Waals surface area contributed by atoms with Crippen molar-refractivity contribution in [2.24, 2.45) is 5.41 Å². The van der Waals surface area contributed by atoms with Gasteiger partial charge in [-0.2, -0.15) is 0 Å². The van der Waals surface area contributed by atoms with Crippen LogP contribution in [0.2, 0.25) is 0 Å². The molecule has 0 fully saturated rings. The second-order valence-corrected chi connectivity index (χ2v) is 6.03. The number of esters is 1. The highest BCUT2D eigenvalue weighted by atomic mass is 16.5. The summed E-state index contributed by atoms with van der Waals surface area (Å²) >= 11 is 0. The first-order valence-electron chi connectivity index (χ1n) is 7.38. The number of allylic oxidation sites excluding steroid dienone is 1. The first-order chi connectivity index (χ1) is 10.4. The average molecular weight is 304 g/mol. The van der Waals surface area contributed by atoms with Gasteiger partial charge in [0.1, 0.15) is 11.5 Å². The van der Waals surface area contributed by atoms with E-state index in [9.17, 15) is 4.79 Å². The summed E-state index contributed by atoms with van der Waals surface area (Å²) < 4.78 is 16.3. The predicted octanol–water partition coefficient (Wildman–Crippen LogP) is 3.02. The van der Waals surface area contributed by atoms with Gasteiger partial charge in [0.25, 0.3) is 0 Å². The Morgan fingerprint density at radius 2 is 1.73 bits per heavy atom. The van der Waals surface area contributed by atoms with Crippen LogP contribution in [-0.2, 0) is 28.8 Å². The molecule has 1 aliphatic carbocycles. The maximum absolute atomic E-state index is 12.2. The van der Waals surface area contributed by atoms with Crippen LogP contribution in [0.5, 0.6) is 11.5 Å². The first kappa shape index (κ1) is 16.4. The summed E-state index contributed by atoms with van der Waals surface area (Å²) in [4.78, 5) is 12.2.